The van der Waals surface area contributed by atoms with E-state index in [1.807, 2.05) is 0 Å². The lowest BCUT2D eigenvalue weighted by atomic mass is 9.90. The molecule has 2 fully saturated rings. The first-order valence-corrected chi connectivity index (χ1v) is 5.49. The highest BCUT2D eigenvalue weighted by Crippen LogP contribution is 2.28. The van der Waals surface area contributed by atoms with Gasteiger partial charge in [-0.3, -0.25) is 4.90 Å². The molecule has 1 saturated carbocycles. The average Bonchev–Trinajstić information content (AvgIpc) is 2.14. The second kappa shape index (κ2) is 4.35. The molecule has 1 aliphatic carbocycles. The summed E-state index contributed by atoms with van der Waals surface area (Å²) >= 11 is 0. The van der Waals surface area contributed by atoms with Crippen LogP contribution in [-0.4, -0.2) is 42.4 Å². The number of carbonyl (C=O) groups is 1. The maximum Gasteiger partial charge on any atom is 0.404 e. The van der Waals surface area contributed by atoms with Crippen LogP contribution in [0.1, 0.15) is 25.7 Å². The average molecular weight is 216 g/mol. The smallest absolute Gasteiger partial charge is 0.404 e. The van der Waals surface area contributed by atoms with Crippen LogP contribution >= 0.6 is 0 Å². The maximum atomic E-state index is 12.6. The van der Waals surface area contributed by atoms with E-state index in [1.165, 1.54) is 0 Å². The molecule has 1 saturated heterocycles. The molecule has 1 aliphatic heterocycles. The summed E-state index contributed by atoms with van der Waals surface area (Å²) in [6, 6.07) is 0.477. The summed E-state index contributed by atoms with van der Waals surface area (Å²) in [4.78, 5) is 12.7. The third kappa shape index (κ3) is 2.59. The van der Waals surface area contributed by atoms with Crippen LogP contribution in [0.25, 0.3) is 0 Å². The van der Waals surface area contributed by atoms with Gasteiger partial charge in [-0.25, -0.2) is 9.18 Å². The van der Waals surface area contributed by atoms with Crippen LogP contribution in [0, 0.1) is 0 Å². The lowest BCUT2D eigenvalue weighted by Crippen LogP contribution is -2.54. The Kier molecular flexibility index (Phi) is 3.09. The number of nitrogens with two attached hydrogens (primary N) is 1. The van der Waals surface area contributed by atoms with Gasteiger partial charge in [-0.05, 0) is 25.7 Å². The number of rotatable bonds is 2. The summed E-state index contributed by atoms with van der Waals surface area (Å²) < 4.78 is 17.6. The number of carbonyl (C=O) groups excluding carboxylic acids is 1. The fourth-order valence-electron chi connectivity index (χ4n) is 2.45. The van der Waals surface area contributed by atoms with Crippen molar-refractivity contribution in [3.05, 3.63) is 0 Å². The van der Waals surface area contributed by atoms with Crippen molar-refractivity contribution in [2.45, 2.75) is 44.0 Å². The molecule has 0 atom stereocenters. The Balaban J connectivity index is 1.70. The number of likely N-dealkylation sites (tertiary alicyclic amines) is 1. The van der Waals surface area contributed by atoms with Crippen LogP contribution in [0.4, 0.5) is 9.18 Å². The lowest BCUT2D eigenvalue weighted by molar-refractivity contribution is -0.00724. The molecule has 0 aromatic carbocycles. The molecule has 1 amide bonds. The zero-order valence-electron chi connectivity index (χ0n) is 8.69. The molecule has 0 bridgehead atoms. The summed E-state index contributed by atoms with van der Waals surface area (Å²) in [5.41, 5.74) is 4.95. The number of ether oxygens (including phenoxy) is 1. The van der Waals surface area contributed by atoms with Gasteiger partial charge in [0.05, 0.1) is 0 Å². The van der Waals surface area contributed by atoms with Crippen molar-refractivity contribution >= 4 is 6.09 Å². The minimum Gasteiger partial charge on any atom is -0.446 e. The molecule has 2 aliphatic rings. The maximum absolute atomic E-state index is 12.6. The van der Waals surface area contributed by atoms with Crippen molar-refractivity contribution < 1.29 is 13.9 Å². The number of hydrogen-bond acceptors (Lipinski definition) is 3. The Bertz CT molecular complexity index is 236. The van der Waals surface area contributed by atoms with Gasteiger partial charge in [-0.15, -0.1) is 0 Å². The van der Waals surface area contributed by atoms with Gasteiger partial charge < -0.3 is 10.5 Å². The highest BCUT2D eigenvalue weighted by atomic mass is 19.1. The minimum absolute atomic E-state index is 0.0267. The molecule has 0 aromatic heterocycles. The van der Waals surface area contributed by atoms with Crippen LogP contribution in [0.2, 0.25) is 0 Å². The molecule has 5 heteroatoms. The normalized spacial score (nSPS) is 33.4. The molecule has 15 heavy (non-hydrogen) atoms. The first-order valence-electron chi connectivity index (χ1n) is 5.49. The predicted molar refractivity (Wildman–Crippen MR) is 53.2 cm³/mol. The Morgan fingerprint density at radius 3 is 2.33 bits per heavy atom. The molecule has 4 nitrogen and oxygen atoms in total. The molecule has 86 valence electrons. The largest absolute Gasteiger partial charge is 0.446 e. The van der Waals surface area contributed by atoms with Crippen LogP contribution in [0.15, 0.2) is 0 Å². The first-order chi connectivity index (χ1) is 7.15. The monoisotopic (exact) mass is 216 g/mol. The Morgan fingerprint density at radius 2 is 1.87 bits per heavy atom. The van der Waals surface area contributed by atoms with E-state index in [-0.39, 0.29) is 6.10 Å². The van der Waals surface area contributed by atoms with E-state index < -0.39 is 12.3 Å². The van der Waals surface area contributed by atoms with Gasteiger partial charge in [0.1, 0.15) is 12.3 Å². The van der Waals surface area contributed by atoms with E-state index in [2.05, 4.69) is 4.90 Å². The van der Waals surface area contributed by atoms with Crippen LogP contribution in [-0.2, 0) is 4.74 Å². The standard InChI is InChI=1S/C10H17FN2O2/c11-7-5-13(6-7)8-1-3-9(4-2-8)15-10(12)14/h7-9H,1-6H2,(H2,12,14). The van der Waals surface area contributed by atoms with Crippen molar-refractivity contribution in [3.8, 4) is 0 Å². The van der Waals surface area contributed by atoms with Crippen molar-refractivity contribution in [2.24, 2.45) is 5.73 Å². The van der Waals surface area contributed by atoms with E-state index in [0.717, 1.165) is 25.7 Å². The van der Waals surface area contributed by atoms with Crippen molar-refractivity contribution in [2.75, 3.05) is 13.1 Å². The van der Waals surface area contributed by atoms with Gasteiger partial charge in [0.2, 0.25) is 0 Å². The highest BCUT2D eigenvalue weighted by Gasteiger charge is 2.34. The molecule has 1 heterocycles. The lowest BCUT2D eigenvalue weighted by Gasteiger charge is -2.43. The molecule has 0 spiro atoms. The zero-order chi connectivity index (χ0) is 10.8. The van der Waals surface area contributed by atoms with E-state index in [4.69, 9.17) is 10.5 Å². The molecule has 0 unspecified atom stereocenters. The van der Waals surface area contributed by atoms with Crippen LogP contribution in [0.5, 0.6) is 0 Å². The first kappa shape index (κ1) is 10.7. The summed E-state index contributed by atoms with van der Waals surface area (Å²) in [5, 5.41) is 0. The van der Waals surface area contributed by atoms with Crippen molar-refractivity contribution in [1.82, 2.24) is 4.90 Å². The second-order valence-corrected chi connectivity index (χ2v) is 4.42. The SMILES string of the molecule is NC(=O)OC1CCC(N2CC(F)C2)CC1. The fraction of sp³-hybridized carbons (Fsp3) is 0.900. The van der Waals surface area contributed by atoms with Gasteiger partial charge in [-0.1, -0.05) is 0 Å². The Labute approximate surface area is 88.6 Å². The summed E-state index contributed by atoms with van der Waals surface area (Å²) in [6.07, 6.45) is 2.30. The van der Waals surface area contributed by atoms with Crippen molar-refractivity contribution in [3.63, 3.8) is 0 Å². The number of primary amides is 1. The van der Waals surface area contributed by atoms with Gasteiger partial charge in [0.25, 0.3) is 0 Å². The topological polar surface area (TPSA) is 55.6 Å². The Hall–Kier alpha value is -0.840. The van der Waals surface area contributed by atoms with E-state index >= 15 is 0 Å². The van der Waals surface area contributed by atoms with Crippen LogP contribution in [0.3, 0.4) is 0 Å². The molecular formula is C10H17FN2O2. The number of alkyl halides is 1. The number of halogens is 1. The van der Waals surface area contributed by atoms with Gasteiger partial charge in [0, 0.05) is 19.1 Å². The van der Waals surface area contributed by atoms with Gasteiger partial charge in [-0.2, -0.15) is 0 Å². The fourth-order valence-corrected chi connectivity index (χ4v) is 2.45. The van der Waals surface area contributed by atoms with Gasteiger partial charge in [0.15, 0.2) is 0 Å². The van der Waals surface area contributed by atoms with Crippen molar-refractivity contribution in [1.29, 1.82) is 0 Å². The summed E-state index contributed by atoms with van der Waals surface area (Å²) in [6.45, 7) is 1.15. The van der Waals surface area contributed by atoms with Gasteiger partial charge >= 0.3 is 6.09 Å². The molecule has 2 rings (SSSR count). The second-order valence-electron chi connectivity index (χ2n) is 4.42. The van der Waals surface area contributed by atoms with E-state index in [9.17, 15) is 9.18 Å². The molecule has 2 N–H and O–H groups in total. The number of nitrogens with zero attached hydrogens (tertiary/aromatic N) is 1. The molecule has 0 aromatic rings. The summed E-state index contributed by atoms with van der Waals surface area (Å²) in [7, 11) is 0. The molecule has 0 radical (unpaired) electrons. The number of hydrogen-bond donors (Lipinski definition) is 1. The summed E-state index contributed by atoms with van der Waals surface area (Å²) in [5.74, 6) is 0. The zero-order valence-corrected chi connectivity index (χ0v) is 8.69. The number of amides is 1. The quantitative estimate of drug-likeness (QED) is 0.750. The minimum atomic E-state index is -0.689. The van der Waals surface area contributed by atoms with E-state index in [1.54, 1.807) is 0 Å². The molecular weight excluding hydrogens is 199 g/mol. The third-order valence-electron chi connectivity index (χ3n) is 3.31. The highest BCUT2D eigenvalue weighted by molar-refractivity contribution is 5.64. The third-order valence-corrected chi connectivity index (χ3v) is 3.31. The Morgan fingerprint density at radius 1 is 1.27 bits per heavy atom. The van der Waals surface area contributed by atoms with E-state index in [0.29, 0.717) is 19.1 Å². The predicted octanol–water partition coefficient (Wildman–Crippen LogP) is 1.05. The van der Waals surface area contributed by atoms with Crippen LogP contribution < -0.4 is 5.73 Å².